The summed E-state index contributed by atoms with van der Waals surface area (Å²) in [6, 6.07) is -0.192. The number of nitrogens with zero attached hydrogens (tertiary/aromatic N) is 1. The second-order valence-corrected chi connectivity index (χ2v) is 8.93. The highest BCUT2D eigenvalue weighted by Gasteiger charge is 2.66. The molecule has 34 heavy (non-hydrogen) atoms. The molecule has 0 radical (unpaired) electrons. The van der Waals surface area contributed by atoms with Crippen LogP contribution in [0.1, 0.15) is 18.1 Å². The molecule has 1 aromatic carbocycles. The van der Waals surface area contributed by atoms with Gasteiger partial charge in [0.1, 0.15) is 10.6 Å². The quantitative estimate of drug-likeness (QED) is 0.154. The maximum absolute atomic E-state index is 13.5. The van der Waals surface area contributed by atoms with Crippen molar-refractivity contribution >= 4 is 28.2 Å². The van der Waals surface area contributed by atoms with E-state index in [0.29, 0.717) is 0 Å². The van der Waals surface area contributed by atoms with Gasteiger partial charge in [0, 0.05) is 5.56 Å². The molecule has 2 rings (SSSR count). The molecular formula is C16H13F8NO8S. The number of halogens is 8. The average Bonchev–Trinajstić information content (AvgIpc) is 2.67. The van der Waals surface area contributed by atoms with Crippen LogP contribution in [-0.2, 0) is 30.3 Å². The Hall–Kier alpha value is -3.31. The first-order chi connectivity index (χ1) is 15.2. The molecule has 0 bridgehead atoms. The summed E-state index contributed by atoms with van der Waals surface area (Å²) in [4.78, 5) is 34.4. The van der Waals surface area contributed by atoms with E-state index >= 15 is 0 Å². The van der Waals surface area contributed by atoms with E-state index in [0.717, 1.165) is 0 Å². The van der Waals surface area contributed by atoms with Gasteiger partial charge in [-0.05, 0) is 30.2 Å². The lowest BCUT2D eigenvalue weighted by molar-refractivity contribution is -0.754. The Morgan fingerprint density at radius 1 is 1.15 bits per heavy atom. The molecule has 0 aliphatic carbocycles. The highest BCUT2D eigenvalue weighted by molar-refractivity contribution is 8.45. The molecular weight excluding hydrogens is 518 g/mol. The van der Waals surface area contributed by atoms with Gasteiger partial charge in [-0.25, -0.2) is 9.59 Å². The maximum Gasteiger partial charge on any atom is 0.430 e. The van der Waals surface area contributed by atoms with Crippen LogP contribution in [0.5, 0.6) is 5.75 Å². The van der Waals surface area contributed by atoms with Crippen molar-refractivity contribution in [1.29, 1.82) is 0 Å². The third kappa shape index (κ3) is 6.61. The fourth-order valence-electron chi connectivity index (χ4n) is 2.63. The lowest BCUT2D eigenvalue weighted by atomic mass is 9.98. The SMILES string of the molecule is CCc1cc(S(F)(F)(F)(F)F)cc2c1O[C@H](C(F)(F)F)C(C(=O)OCOC(=O)CO[N+](=O)[O-])=C2. The number of aryl methyl sites for hydroxylation is 1. The minimum Gasteiger partial charge on any atom is -0.475 e. The van der Waals surface area contributed by atoms with Crippen LogP contribution < -0.4 is 4.74 Å². The van der Waals surface area contributed by atoms with E-state index in [9.17, 15) is 52.3 Å². The van der Waals surface area contributed by atoms with Gasteiger partial charge < -0.3 is 19.0 Å². The van der Waals surface area contributed by atoms with E-state index in [2.05, 4.69) is 19.0 Å². The summed E-state index contributed by atoms with van der Waals surface area (Å²) in [5.74, 6) is -4.13. The van der Waals surface area contributed by atoms with Gasteiger partial charge in [-0.15, -0.1) is 10.1 Å². The smallest absolute Gasteiger partial charge is 0.430 e. The van der Waals surface area contributed by atoms with Gasteiger partial charge in [-0.1, -0.05) is 26.4 Å². The number of benzene rings is 1. The fraction of sp³-hybridized carbons (Fsp3) is 0.375. The minimum atomic E-state index is -10.3. The van der Waals surface area contributed by atoms with Crippen molar-refractivity contribution in [3.05, 3.63) is 38.9 Å². The summed E-state index contributed by atoms with van der Waals surface area (Å²) in [5.41, 5.74) is -2.95. The third-order valence-electron chi connectivity index (χ3n) is 4.05. The summed E-state index contributed by atoms with van der Waals surface area (Å²) >= 11 is 0. The van der Waals surface area contributed by atoms with Crippen LogP contribution >= 0.6 is 10.2 Å². The topological polar surface area (TPSA) is 114 Å². The Morgan fingerprint density at radius 3 is 2.26 bits per heavy atom. The first kappa shape index (κ1) is 26.9. The number of hydrogen-bond donors (Lipinski definition) is 0. The molecule has 1 aliphatic heterocycles. The molecule has 0 N–H and O–H groups in total. The number of alkyl halides is 3. The Labute approximate surface area is 184 Å². The van der Waals surface area contributed by atoms with Crippen LogP contribution in [0, 0.1) is 10.1 Å². The Bertz CT molecular complexity index is 1050. The number of carbonyl (C=O) groups is 2. The van der Waals surface area contributed by atoms with Gasteiger partial charge in [0.2, 0.25) is 12.9 Å². The van der Waals surface area contributed by atoms with E-state index in [1.165, 1.54) is 6.92 Å². The van der Waals surface area contributed by atoms with Crippen molar-refractivity contribution in [2.24, 2.45) is 0 Å². The Morgan fingerprint density at radius 2 is 1.76 bits per heavy atom. The zero-order valence-corrected chi connectivity index (χ0v) is 17.4. The van der Waals surface area contributed by atoms with Gasteiger partial charge in [-0.2, -0.15) is 13.2 Å². The van der Waals surface area contributed by atoms with Gasteiger partial charge in [0.25, 0.3) is 5.09 Å². The highest BCUT2D eigenvalue weighted by Crippen LogP contribution is 3.02. The van der Waals surface area contributed by atoms with E-state index < -0.39 is 86.7 Å². The van der Waals surface area contributed by atoms with Crippen molar-refractivity contribution in [3.8, 4) is 5.75 Å². The Kier molecular flexibility index (Phi) is 6.47. The number of rotatable bonds is 8. The summed E-state index contributed by atoms with van der Waals surface area (Å²) in [6.45, 7) is -1.42. The summed E-state index contributed by atoms with van der Waals surface area (Å²) in [5, 5.41) is 8.57. The molecule has 0 fully saturated rings. The molecule has 0 aromatic heterocycles. The molecule has 18 heteroatoms. The average molecular weight is 531 g/mol. The van der Waals surface area contributed by atoms with Crippen molar-refractivity contribution in [3.63, 3.8) is 0 Å². The van der Waals surface area contributed by atoms with Gasteiger partial charge >= 0.3 is 28.3 Å². The molecule has 1 atom stereocenters. The van der Waals surface area contributed by atoms with E-state index in [1.807, 2.05) is 0 Å². The molecule has 0 amide bonds. The molecule has 0 unspecified atom stereocenters. The lowest BCUT2D eigenvalue weighted by Gasteiger charge is -2.41. The first-order valence-electron chi connectivity index (χ1n) is 8.69. The zero-order valence-electron chi connectivity index (χ0n) is 16.6. The van der Waals surface area contributed by atoms with Crippen LogP contribution in [0.3, 0.4) is 0 Å². The normalized spacial score (nSPS) is 17.8. The summed E-state index contributed by atoms with van der Waals surface area (Å²) < 4.78 is 120. The predicted molar refractivity (Wildman–Crippen MR) is 95.7 cm³/mol. The number of ether oxygens (including phenoxy) is 3. The minimum absolute atomic E-state index is 0.0303. The summed E-state index contributed by atoms with van der Waals surface area (Å²) in [7, 11) is -10.3. The van der Waals surface area contributed by atoms with Crippen LogP contribution in [0.2, 0.25) is 0 Å². The van der Waals surface area contributed by atoms with Crippen molar-refractivity contribution in [1.82, 2.24) is 0 Å². The van der Waals surface area contributed by atoms with Crippen LogP contribution in [0.4, 0.5) is 32.6 Å². The second-order valence-electron chi connectivity index (χ2n) is 6.53. The molecule has 1 heterocycles. The van der Waals surface area contributed by atoms with E-state index in [4.69, 9.17) is 0 Å². The maximum atomic E-state index is 13.5. The number of esters is 2. The van der Waals surface area contributed by atoms with E-state index in [1.54, 1.807) is 0 Å². The number of carbonyl (C=O) groups excluding carboxylic acids is 2. The largest absolute Gasteiger partial charge is 0.475 e. The van der Waals surface area contributed by atoms with Crippen molar-refractivity contribution in [2.45, 2.75) is 30.5 Å². The molecule has 0 spiro atoms. The highest BCUT2D eigenvalue weighted by atomic mass is 32.5. The molecule has 192 valence electrons. The van der Waals surface area contributed by atoms with Crippen molar-refractivity contribution < 1.29 is 66.3 Å². The monoisotopic (exact) mass is 531 g/mol. The predicted octanol–water partition coefficient (Wildman–Crippen LogP) is 4.87. The molecule has 1 aromatic rings. The lowest BCUT2D eigenvalue weighted by Crippen LogP contribution is -2.41. The third-order valence-corrected chi connectivity index (χ3v) is 5.18. The standard InChI is InChI=1S/C16H13F8NO8S/c1-2-8-3-10(34(20,21,22,23)24)4-9-5-11(14(16(17,18)19)33-13(8)9)15(27)31-7-30-12(26)6-32-25(28)29/h3-5,14H,2,6-7H2,1H3/t14-/m0/s1. The number of fused-ring (bicyclic) bond motifs is 1. The Balaban J connectivity index is 2.41. The van der Waals surface area contributed by atoms with E-state index in [-0.39, 0.29) is 18.2 Å². The number of hydrogen-bond acceptors (Lipinski definition) is 8. The van der Waals surface area contributed by atoms with Crippen molar-refractivity contribution in [2.75, 3.05) is 13.4 Å². The second kappa shape index (κ2) is 8.17. The van der Waals surface area contributed by atoms with Gasteiger partial charge in [0.15, 0.2) is 6.61 Å². The van der Waals surface area contributed by atoms with Crippen LogP contribution in [0.25, 0.3) is 6.08 Å². The van der Waals surface area contributed by atoms with Crippen LogP contribution in [-0.4, -0.2) is 42.7 Å². The molecule has 9 nitrogen and oxygen atoms in total. The first-order valence-corrected chi connectivity index (χ1v) is 10.6. The molecule has 0 saturated heterocycles. The molecule has 1 aliphatic rings. The van der Waals surface area contributed by atoms with Crippen LogP contribution in [0.15, 0.2) is 22.6 Å². The zero-order chi connectivity index (χ0) is 26.2. The van der Waals surface area contributed by atoms with Gasteiger partial charge in [0.05, 0.1) is 5.57 Å². The van der Waals surface area contributed by atoms with Gasteiger partial charge in [-0.3, -0.25) is 0 Å². The fourth-order valence-corrected chi connectivity index (χ4v) is 3.35. The summed E-state index contributed by atoms with van der Waals surface area (Å²) in [6.07, 6.45) is -8.55. The molecule has 0 saturated carbocycles.